The Morgan fingerprint density at radius 2 is 0.627 bits per heavy atom. The van der Waals surface area contributed by atoms with Gasteiger partial charge in [0.25, 0.3) is 0 Å². The minimum absolute atomic E-state index is 0.258. The van der Waals surface area contributed by atoms with Crippen LogP contribution in [-0.2, 0) is 0 Å². The number of hydrogen-bond donors (Lipinski definition) is 5. The lowest BCUT2D eigenvalue weighted by Crippen LogP contribution is -2.46. The van der Waals surface area contributed by atoms with Gasteiger partial charge < -0.3 is 58.9 Å². The maximum atomic E-state index is 13.1. The molecule has 0 amide bonds. The number of H-pyrrole nitrogens is 5. The van der Waals surface area contributed by atoms with E-state index in [-0.39, 0.29) is 5.82 Å². The van der Waals surface area contributed by atoms with E-state index in [2.05, 4.69) is 292 Å². The van der Waals surface area contributed by atoms with Gasteiger partial charge in [-0.25, -0.2) is 4.39 Å². The number of para-hydroxylation sites is 1. The van der Waals surface area contributed by atoms with Crippen LogP contribution in [0.2, 0.25) is 10.0 Å². The van der Waals surface area contributed by atoms with Gasteiger partial charge in [0.1, 0.15) is 17.3 Å². The fourth-order valence-electron chi connectivity index (χ4n) is 18.5. The number of ether oxygens (including phenoxy) is 2. The second kappa shape index (κ2) is 51.1. The van der Waals surface area contributed by atoms with Gasteiger partial charge in [0.2, 0.25) is 0 Å². The zero-order valence-corrected chi connectivity index (χ0v) is 85.5. The molecule has 15 aromatic rings. The molecule has 704 valence electrons. The van der Waals surface area contributed by atoms with E-state index in [4.69, 9.17) is 32.7 Å². The van der Waals surface area contributed by atoms with Crippen molar-refractivity contribution < 1.29 is 13.9 Å². The van der Waals surface area contributed by atoms with Crippen LogP contribution >= 0.6 is 106 Å². The lowest BCUT2D eigenvalue weighted by molar-refractivity contribution is 0.224. The zero-order valence-electron chi connectivity index (χ0n) is 76.8. The lowest BCUT2D eigenvalue weighted by atomic mass is 10.1. The molecule has 10 aromatic carbocycles. The van der Waals surface area contributed by atoms with E-state index in [0.717, 1.165) is 202 Å². The third-order valence-corrected chi connectivity index (χ3v) is 32.6. The van der Waals surface area contributed by atoms with Crippen molar-refractivity contribution in [2.45, 2.75) is 66.6 Å². The molecular formula is C108H125Br3Cl2FN15O2S3. The zero-order chi connectivity index (χ0) is 92.0. The van der Waals surface area contributed by atoms with E-state index in [1.165, 1.54) is 171 Å². The summed E-state index contributed by atoms with van der Waals surface area (Å²) in [6.07, 6.45) is 18.2. The second-order valence-electron chi connectivity index (χ2n) is 34.7. The lowest BCUT2D eigenvalue weighted by Gasteiger charge is -2.36. The van der Waals surface area contributed by atoms with Crippen molar-refractivity contribution in [2.75, 3.05) is 219 Å². The van der Waals surface area contributed by atoms with Gasteiger partial charge in [0.05, 0.1) is 32.2 Å². The molecule has 5 saturated heterocycles. The summed E-state index contributed by atoms with van der Waals surface area (Å²) in [6.45, 7) is 31.5. The molecule has 26 heteroatoms. The third kappa shape index (κ3) is 27.6. The summed E-state index contributed by atoms with van der Waals surface area (Å²) in [7, 11) is 0. The topological polar surface area (TPSA) is 130 Å². The van der Waals surface area contributed by atoms with Gasteiger partial charge in [0, 0.05) is 271 Å². The minimum Gasteiger partial charge on any atom is -0.492 e. The van der Waals surface area contributed by atoms with E-state index in [1.807, 2.05) is 115 Å². The quantitative estimate of drug-likeness (QED) is 0.0202. The molecule has 134 heavy (non-hydrogen) atoms. The SMILES string of the molecule is Brc1ccccc1OCCCN1CCN(c2cccc3[nH]ccc23)CC1.Brc1ccccc1SCCCN1CCN(c2cccc3[nH]ccc23)CC1.Cc1cccc(Cl)c1SCCCCN1CCN(c2cccc3[nH]ccc23)CC1.Clc1ccccc1SCCCN1CCN(c2cccc3[nH]ccc23)CC1.Fc1ccc(OCCCCN2CCN(c3cccc4[nH]ccc34)CC2)c(Br)c1. The van der Waals surface area contributed by atoms with E-state index in [1.54, 1.807) is 6.07 Å². The van der Waals surface area contributed by atoms with Gasteiger partial charge >= 0.3 is 0 Å². The summed E-state index contributed by atoms with van der Waals surface area (Å²) in [5, 5.41) is 8.39. The third-order valence-electron chi connectivity index (χ3n) is 25.9. The van der Waals surface area contributed by atoms with E-state index in [0.29, 0.717) is 16.8 Å². The second-order valence-corrected chi connectivity index (χ2v) is 41.4. The van der Waals surface area contributed by atoms with E-state index in [9.17, 15) is 4.39 Å². The summed E-state index contributed by atoms with van der Waals surface area (Å²) in [6, 6.07) is 78.8. The molecule has 5 aromatic heterocycles. The molecule has 0 aliphatic carbocycles. The van der Waals surface area contributed by atoms with Gasteiger partial charge in [-0.1, -0.05) is 102 Å². The van der Waals surface area contributed by atoms with E-state index < -0.39 is 0 Å². The number of unbranched alkanes of at least 4 members (excludes halogenated alkanes) is 2. The van der Waals surface area contributed by atoms with Gasteiger partial charge in [-0.2, -0.15) is 0 Å². The van der Waals surface area contributed by atoms with Crippen LogP contribution in [-0.4, -0.2) is 244 Å². The highest BCUT2D eigenvalue weighted by Gasteiger charge is 2.26. The summed E-state index contributed by atoms with van der Waals surface area (Å²) in [4.78, 5) is 45.8. The fraction of sp³-hybridized carbons (Fsp3) is 0.352. The molecule has 0 bridgehead atoms. The summed E-state index contributed by atoms with van der Waals surface area (Å²) >= 11 is 28.7. The molecule has 0 spiro atoms. The molecule has 0 atom stereocenters. The van der Waals surface area contributed by atoms with Crippen LogP contribution in [0.1, 0.15) is 50.5 Å². The molecule has 0 radical (unpaired) electrons. The van der Waals surface area contributed by atoms with Crippen molar-refractivity contribution in [1.82, 2.24) is 49.4 Å². The summed E-state index contributed by atoms with van der Waals surface area (Å²) in [5.41, 5.74) is 14.2. The van der Waals surface area contributed by atoms with Crippen LogP contribution < -0.4 is 34.0 Å². The molecule has 5 fully saturated rings. The number of benzene rings is 10. The molecule has 0 unspecified atom stereocenters. The number of thioether (sulfide) groups is 3. The monoisotopic (exact) mass is 2090 g/mol. The van der Waals surface area contributed by atoms with Crippen LogP contribution in [0, 0.1) is 12.7 Å². The number of fused-ring (bicyclic) bond motifs is 5. The Bertz CT molecular complexity index is 5750. The Hall–Kier alpha value is -8.70. The van der Waals surface area contributed by atoms with Crippen LogP contribution in [0.4, 0.5) is 32.8 Å². The average molecular weight is 2090 g/mol. The average Bonchev–Trinajstić information content (AvgIpc) is 1.64. The summed E-state index contributed by atoms with van der Waals surface area (Å²) < 4.78 is 27.6. The number of aromatic amines is 5. The van der Waals surface area contributed by atoms with Gasteiger partial charge in [0.15, 0.2) is 0 Å². The van der Waals surface area contributed by atoms with Crippen molar-refractivity contribution in [3.8, 4) is 11.5 Å². The largest absolute Gasteiger partial charge is 0.492 e. The van der Waals surface area contributed by atoms with E-state index >= 15 is 0 Å². The van der Waals surface area contributed by atoms with Crippen LogP contribution in [0.3, 0.4) is 0 Å². The molecule has 5 N–H and O–H groups in total. The van der Waals surface area contributed by atoms with Crippen molar-refractivity contribution in [2.24, 2.45) is 0 Å². The van der Waals surface area contributed by atoms with Gasteiger partial charge in [-0.15, -0.1) is 35.3 Å². The van der Waals surface area contributed by atoms with Crippen LogP contribution in [0.25, 0.3) is 54.5 Å². The number of hydrogen-bond acceptors (Lipinski definition) is 15. The van der Waals surface area contributed by atoms with Crippen molar-refractivity contribution in [3.05, 3.63) is 296 Å². The van der Waals surface area contributed by atoms with Crippen molar-refractivity contribution in [3.63, 3.8) is 0 Å². The predicted octanol–water partition coefficient (Wildman–Crippen LogP) is 25.8. The Labute approximate surface area is 838 Å². The number of anilines is 5. The predicted molar refractivity (Wildman–Crippen MR) is 580 cm³/mol. The molecule has 17 nitrogen and oxygen atoms in total. The number of aromatic nitrogens is 5. The Balaban J connectivity index is 0.000000122. The first-order valence-electron chi connectivity index (χ1n) is 47.6. The number of rotatable bonds is 32. The number of aryl methyl sites for hydroxylation is 1. The van der Waals surface area contributed by atoms with Gasteiger partial charge in [-0.05, 0) is 300 Å². The number of halogens is 6. The standard InChI is InChI=1S/C23H28ClN3S.C22H25BrFN3O.C21H24BrN3O.C21H24BrN3S.C21H24ClN3S/c1-18-6-4-7-20(24)23(18)28-17-3-2-12-26-13-15-27(16-14-26)22-9-5-8-21-19(22)10-11-25-21;23-19-16-17(24)6-7-22(19)28-15-2-1-10-26-11-13-27(14-12-26)21-5-3-4-20-18(21)8-9-25-20;3*22-18-5-1-2-8-21(18)26-16-4-11-24-12-14-25(15-13-24)20-7-3-6-19-17(20)9-10-23-19/h4-11,25H,2-3,12-17H2,1H3;3-9,16,25H,1-2,10-15H2;3*1-3,5-10,23H,4,11-16H2. The molecule has 5 aliphatic heterocycles. The highest BCUT2D eigenvalue weighted by molar-refractivity contribution is 9.11. The Morgan fingerprint density at radius 1 is 0.299 bits per heavy atom. The normalized spacial score (nSPS) is 15.5. The first kappa shape index (κ1) is 98.4. The molecular weight excluding hydrogens is 1970 g/mol. The first-order chi connectivity index (χ1) is 65.9. The highest BCUT2D eigenvalue weighted by atomic mass is 79.9. The number of nitrogens with zero attached hydrogens (tertiary/aromatic N) is 10. The minimum atomic E-state index is -0.258. The van der Waals surface area contributed by atoms with Crippen molar-refractivity contribution >= 4 is 189 Å². The van der Waals surface area contributed by atoms with Crippen LogP contribution in [0.5, 0.6) is 11.5 Å². The van der Waals surface area contributed by atoms with Crippen molar-refractivity contribution in [1.29, 1.82) is 0 Å². The Kier molecular flexibility index (Phi) is 37.5. The smallest absolute Gasteiger partial charge is 0.133 e. The molecule has 20 rings (SSSR count). The van der Waals surface area contributed by atoms with Crippen LogP contribution in [0.15, 0.2) is 290 Å². The summed E-state index contributed by atoms with van der Waals surface area (Å²) in [5.74, 6) is 4.80. The maximum absolute atomic E-state index is 13.1. The maximum Gasteiger partial charge on any atom is 0.133 e. The molecule has 5 aliphatic rings. The first-order valence-corrected chi connectivity index (χ1v) is 53.7. The van der Waals surface area contributed by atoms with Gasteiger partial charge in [-0.3, -0.25) is 24.5 Å². The molecule has 10 heterocycles. The fourth-order valence-corrected chi connectivity index (χ4v) is 23.5. The highest BCUT2D eigenvalue weighted by Crippen LogP contribution is 2.37. The number of nitrogens with one attached hydrogen (secondary N) is 5. The number of piperazine rings is 5. The Morgan fingerprint density at radius 3 is 1.02 bits per heavy atom. The molecule has 0 saturated carbocycles.